The molecule has 23 heavy (non-hydrogen) atoms. The van der Waals surface area contributed by atoms with Gasteiger partial charge < -0.3 is 0 Å². The molecule has 8 nitrogen and oxygen atoms in total. The van der Waals surface area contributed by atoms with Gasteiger partial charge in [-0.05, 0) is 31.2 Å². The third-order valence-electron chi connectivity index (χ3n) is 3.24. The van der Waals surface area contributed by atoms with E-state index in [9.17, 15) is 13.2 Å². The number of amides is 1. The number of nitrogens with zero attached hydrogens (tertiary/aromatic N) is 4. The van der Waals surface area contributed by atoms with Crippen LogP contribution >= 0.6 is 0 Å². The number of nitrogens with one attached hydrogen (secondary N) is 1. The van der Waals surface area contributed by atoms with Gasteiger partial charge in [0.1, 0.15) is 0 Å². The Morgan fingerprint density at radius 2 is 2.00 bits per heavy atom. The molecule has 2 aromatic heterocycles. The lowest BCUT2D eigenvalue weighted by Gasteiger charge is -2.07. The van der Waals surface area contributed by atoms with Gasteiger partial charge in [0.25, 0.3) is 5.91 Å². The van der Waals surface area contributed by atoms with Gasteiger partial charge in [0, 0.05) is 11.6 Å². The van der Waals surface area contributed by atoms with Crippen molar-refractivity contribution < 1.29 is 13.2 Å². The van der Waals surface area contributed by atoms with E-state index in [-0.39, 0.29) is 5.69 Å². The molecule has 0 unspecified atom stereocenters. The Morgan fingerprint density at radius 3 is 2.74 bits per heavy atom. The minimum atomic E-state index is -3.66. The van der Waals surface area contributed by atoms with Crippen molar-refractivity contribution in [2.24, 2.45) is 0 Å². The van der Waals surface area contributed by atoms with E-state index in [2.05, 4.69) is 15.3 Å². The van der Waals surface area contributed by atoms with Gasteiger partial charge in [0.15, 0.2) is 5.69 Å². The molecule has 118 valence electrons. The zero-order valence-corrected chi connectivity index (χ0v) is 13.2. The summed E-state index contributed by atoms with van der Waals surface area (Å²) in [6, 6.07) is 9.19. The monoisotopic (exact) mass is 331 g/mol. The van der Waals surface area contributed by atoms with Crippen molar-refractivity contribution in [3.8, 4) is 5.69 Å². The second kappa shape index (κ2) is 5.43. The summed E-state index contributed by atoms with van der Waals surface area (Å²) in [4.78, 5) is 16.2. The van der Waals surface area contributed by atoms with Gasteiger partial charge in [-0.2, -0.15) is 0 Å². The van der Waals surface area contributed by atoms with Gasteiger partial charge in [0.2, 0.25) is 10.0 Å². The molecule has 0 spiro atoms. The second-order valence-electron chi connectivity index (χ2n) is 4.99. The quantitative estimate of drug-likeness (QED) is 0.761. The van der Waals surface area contributed by atoms with Gasteiger partial charge >= 0.3 is 0 Å². The van der Waals surface area contributed by atoms with E-state index in [1.54, 1.807) is 19.2 Å². The van der Waals surface area contributed by atoms with Crippen molar-refractivity contribution in [2.45, 2.75) is 6.92 Å². The van der Waals surface area contributed by atoms with Gasteiger partial charge in [-0.25, -0.2) is 17.8 Å². The van der Waals surface area contributed by atoms with Crippen LogP contribution in [-0.2, 0) is 10.0 Å². The number of sulfonamides is 1. The van der Waals surface area contributed by atoms with Crippen LogP contribution in [0.15, 0.2) is 36.5 Å². The summed E-state index contributed by atoms with van der Waals surface area (Å²) in [6.07, 6.45) is 2.59. The molecule has 0 radical (unpaired) electrons. The van der Waals surface area contributed by atoms with Gasteiger partial charge in [-0.3, -0.25) is 9.78 Å². The number of benzene rings is 1. The molecular formula is C14H13N5O3S. The third-order valence-corrected chi connectivity index (χ3v) is 3.79. The molecule has 1 amide bonds. The molecule has 0 atom stereocenters. The molecule has 1 N–H and O–H groups in total. The van der Waals surface area contributed by atoms with Crippen LogP contribution < -0.4 is 4.72 Å². The second-order valence-corrected chi connectivity index (χ2v) is 6.73. The van der Waals surface area contributed by atoms with E-state index in [0.29, 0.717) is 11.4 Å². The molecule has 2 heterocycles. The fraction of sp³-hybridized carbons (Fsp3) is 0.143. The Morgan fingerprint density at radius 1 is 1.22 bits per heavy atom. The first kappa shape index (κ1) is 15.1. The lowest BCUT2D eigenvalue weighted by molar-refractivity contribution is 0.0976. The average molecular weight is 331 g/mol. The first-order valence-electron chi connectivity index (χ1n) is 6.65. The number of carbonyl (C=O) groups excluding carboxylic acids is 1. The van der Waals surface area contributed by atoms with Gasteiger partial charge in [-0.1, -0.05) is 11.3 Å². The van der Waals surface area contributed by atoms with Crippen LogP contribution in [0.1, 0.15) is 16.2 Å². The highest BCUT2D eigenvalue weighted by Crippen LogP contribution is 2.21. The summed E-state index contributed by atoms with van der Waals surface area (Å²) in [7, 11) is -3.66. The number of aromatic nitrogens is 4. The van der Waals surface area contributed by atoms with Crippen molar-refractivity contribution in [3.05, 3.63) is 47.9 Å². The highest BCUT2D eigenvalue weighted by molar-refractivity contribution is 7.89. The Hall–Kier alpha value is -2.81. The van der Waals surface area contributed by atoms with Crippen LogP contribution in [0.5, 0.6) is 0 Å². The third kappa shape index (κ3) is 2.90. The van der Waals surface area contributed by atoms with Gasteiger partial charge in [0.05, 0.1) is 23.2 Å². The average Bonchev–Trinajstić information content (AvgIpc) is 2.86. The van der Waals surface area contributed by atoms with E-state index in [1.165, 1.54) is 4.68 Å². The summed E-state index contributed by atoms with van der Waals surface area (Å²) in [5.74, 6) is -0.811. The predicted octanol–water partition coefficient (Wildman–Crippen LogP) is 0.813. The molecule has 0 aliphatic carbocycles. The predicted molar refractivity (Wildman–Crippen MR) is 83.7 cm³/mol. The first-order valence-corrected chi connectivity index (χ1v) is 8.54. The topological polar surface area (TPSA) is 107 Å². The Balaban J connectivity index is 2.10. The number of rotatable bonds is 3. The van der Waals surface area contributed by atoms with E-state index in [4.69, 9.17) is 0 Å². The maximum Gasteiger partial charge on any atom is 0.287 e. The molecular weight excluding hydrogens is 318 g/mol. The molecule has 0 saturated carbocycles. The Bertz CT molecular complexity index is 1000. The van der Waals surface area contributed by atoms with E-state index in [1.807, 2.05) is 29.0 Å². The molecule has 0 saturated heterocycles. The summed E-state index contributed by atoms with van der Waals surface area (Å²) in [5, 5.41) is 8.61. The molecule has 3 aromatic rings. The van der Waals surface area contributed by atoms with Crippen LogP contribution in [0, 0.1) is 6.92 Å². The van der Waals surface area contributed by atoms with Crippen molar-refractivity contribution in [2.75, 3.05) is 6.26 Å². The molecule has 3 rings (SSSR count). The van der Waals surface area contributed by atoms with Crippen LogP contribution in [0.2, 0.25) is 0 Å². The minimum Gasteiger partial charge on any atom is -0.266 e. The maximum absolute atomic E-state index is 12.0. The summed E-state index contributed by atoms with van der Waals surface area (Å²) in [5.41, 5.74) is 1.87. The molecule has 9 heteroatoms. The van der Waals surface area contributed by atoms with Crippen LogP contribution in [0.25, 0.3) is 16.6 Å². The smallest absolute Gasteiger partial charge is 0.266 e. The lowest BCUT2D eigenvalue weighted by atomic mass is 10.2. The number of hydrogen-bond acceptors (Lipinski definition) is 6. The fourth-order valence-electron chi connectivity index (χ4n) is 2.26. The summed E-state index contributed by atoms with van der Waals surface area (Å²) >= 11 is 0. The van der Waals surface area contributed by atoms with Crippen LogP contribution in [0.3, 0.4) is 0 Å². The fourth-order valence-corrected chi connectivity index (χ4v) is 2.69. The molecule has 0 bridgehead atoms. The molecule has 0 aliphatic heterocycles. The lowest BCUT2D eigenvalue weighted by Crippen LogP contribution is -2.30. The number of fused-ring (bicyclic) bond motifs is 1. The van der Waals surface area contributed by atoms with Crippen molar-refractivity contribution in [3.63, 3.8) is 0 Å². The summed E-state index contributed by atoms with van der Waals surface area (Å²) < 4.78 is 25.7. The van der Waals surface area contributed by atoms with Crippen molar-refractivity contribution in [1.82, 2.24) is 24.7 Å². The van der Waals surface area contributed by atoms with E-state index < -0.39 is 15.9 Å². The molecule has 0 aliphatic rings. The van der Waals surface area contributed by atoms with E-state index >= 15 is 0 Å². The number of carbonyl (C=O) groups is 1. The Kier molecular flexibility index (Phi) is 3.57. The number of hydrogen-bond donors (Lipinski definition) is 1. The van der Waals surface area contributed by atoms with Crippen LogP contribution in [-0.4, -0.2) is 40.6 Å². The zero-order chi connectivity index (χ0) is 16.6. The minimum absolute atomic E-state index is 0.0451. The van der Waals surface area contributed by atoms with E-state index in [0.717, 1.165) is 17.2 Å². The van der Waals surface area contributed by atoms with Gasteiger partial charge in [-0.15, -0.1) is 5.10 Å². The summed E-state index contributed by atoms with van der Waals surface area (Å²) in [6.45, 7) is 1.65. The Labute approximate surface area is 132 Å². The molecule has 1 aromatic carbocycles. The first-order chi connectivity index (χ1) is 10.9. The standard InChI is InChI=1S/C14H13N5O3S/c1-9-13(14(20)17-23(2,21)22)16-18-19(9)12-7-3-6-11-10(12)5-4-8-15-11/h3-8H,1-2H3,(H,17,20). The highest BCUT2D eigenvalue weighted by Gasteiger charge is 2.20. The number of pyridine rings is 1. The van der Waals surface area contributed by atoms with Crippen molar-refractivity contribution in [1.29, 1.82) is 0 Å². The maximum atomic E-state index is 12.0. The van der Waals surface area contributed by atoms with Crippen LogP contribution in [0.4, 0.5) is 0 Å². The molecule has 0 fully saturated rings. The normalized spacial score (nSPS) is 11.6. The highest BCUT2D eigenvalue weighted by atomic mass is 32.2. The SMILES string of the molecule is Cc1c(C(=O)NS(C)(=O)=O)nnn1-c1cccc2ncccc12. The van der Waals surface area contributed by atoms with Crippen molar-refractivity contribution >= 4 is 26.8 Å². The zero-order valence-electron chi connectivity index (χ0n) is 12.4. The largest absolute Gasteiger partial charge is 0.287 e.